The number of hydrazine groups is 1. The first-order valence-corrected chi connectivity index (χ1v) is 5.01. The molecule has 2 N–H and O–H groups in total. The van der Waals surface area contributed by atoms with Crippen molar-refractivity contribution in [3.8, 4) is 0 Å². The Hall–Kier alpha value is -0.0400. The molecule has 0 fully saturated rings. The van der Waals surface area contributed by atoms with Gasteiger partial charge in [-0.1, -0.05) is 6.42 Å². The average molecular weight is 227 g/mol. The molecule has 0 atom stereocenters. The van der Waals surface area contributed by atoms with Crippen molar-refractivity contribution in [3.05, 3.63) is 10.4 Å². The molecule has 0 unspecified atom stereocenters. The quantitative estimate of drug-likeness (QED) is 0.158. The summed E-state index contributed by atoms with van der Waals surface area (Å²) in [5.41, 5.74) is 0. The Labute approximate surface area is 113 Å². The molecule has 0 bridgehead atoms. The standard InChI is InChI=1S/C8H20N4O2.Na/c1-9-7-5-3-4-6-8-11(2)12(14)10-13;/h9,13H,3-8H2,1-2H3;/q;+1/b12-10-;. The van der Waals surface area contributed by atoms with E-state index in [-0.39, 0.29) is 34.5 Å². The van der Waals surface area contributed by atoms with Crippen LogP contribution in [0, 0.1) is 10.4 Å². The van der Waals surface area contributed by atoms with Gasteiger partial charge in [0.15, 0.2) is 0 Å². The van der Waals surface area contributed by atoms with Crippen LogP contribution in [0.2, 0.25) is 0 Å². The van der Waals surface area contributed by atoms with Crippen LogP contribution in [-0.4, -0.2) is 37.2 Å². The minimum atomic E-state index is 0. The number of hydrogen-bond acceptors (Lipinski definition) is 3. The summed E-state index contributed by atoms with van der Waals surface area (Å²) in [5.74, 6) is 0. The molecule has 0 aliphatic heterocycles. The summed E-state index contributed by atoms with van der Waals surface area (Å²) in [4.78, 5) is 0.0832. The normalized spacial score (nSPS) is 10.9. The zero-order valence-corrected chi connectivity index (χ0v) is 12.0. The number of rotatable bonds is 8. The van der Waals surface area contributed by atoms with Gasteiger partial charge in [0.2, 0.25) is 0 Å². The molecular formula is C8H20N4NaO2+. The second-order valence-corrected chi connectivity index (χ2v) is 3.33. The Morgan fingerprint density at radius 1 is 1.27 bits per heavy atom. The molecule has 0 spiro atoms. The Morgan fingerprint density at radius 3 is 2.40 bits per heavy atom. The molecule has 0 aliphatic rings. The molecule has 15 heavy (non-hydrogen) atoms. The van der Waals surface area contributed by atoms with Gasteiger partial charge in [0, 0.05) is 4.97 Å². The molecule has 0 amide bonds. The second kappa shape index (κ2) is 12.0. The molecule has 0 saturated heterocycles. The zero-order valence-electron chi connectivity index (χ0n) is 9.98. The molecule has 6 nitrogen and oxygen atoms in total. The molecule has 0 aromatic heterocycles. The van der Waals surface area contributed by atoms with E-state index >= 15 is 0 Å². The van der Waals surface area contributed by atoms with E-state index in [0.717, 1.165) is 19.4 Å². The van der Waals surface area contributed by atoms with Crippen molar-refractivity contribution < 1.29 is 39.8 Å². The summed E-state index contributed by atoms with van der Waals surface area (Å²) in [6, 6.07) is 0. The van der Waals surface area contributed by atoms with E-state index in [1.54, 1.807) is 7.05 Å². The maximum Gasteiger partial charge on any atom is 1.00 e. The fourth-order valence-electron chi connectivity index (χ4n) is 1.19. The molecule has 0 aromatic rings. The van der Waals surface area contributed by atoms with Gasteiger partial charge in [-0.05, 0) is 24.5 Å². The third-order valence-electron chi connectivity index (χ3n) is 2.09. The molecule has 0 aliphatic carbocycles. The smallest absolute Gasteiger partial charge is 0.737 e. The minimum absolute atomic E-state index is 0. The summed E-state index contributed by atoms with van der Waals surface area (Å²) in [6.07, 6.45) is 4.39. The van der Waals surface area contributed by atoms with E-state index in [1.165, 1.54) is 17.9 Å². The van der Waals surface area contributed by atoms with Crippen molar-refractivity contribution in [1.82, 2.24) is 5.01 Å². The largest absolute Gasteiger partial charge is 1.00 e. The van der Waals surface area contributed by atoms with Crippen molar-refractivity contribution in [3.63, 3.8) is 0 Å². The van der Waals surface area contributed by atoms with Gasteiger partial charge in [0.1, 0.15) is 0 Å². The van der Waals surface area contributed by atoms with Crippen LogP contribution in [0.4, 0.5) is 0 Å². The Kier molecular flexibility index (Phi) is 13.9. The average Bonchev–Trinajstić information content (AvgIpc) is 2.21. The molecule has 84 valence electrons. The van der Waals surface area contributed by atoms with E-state index in [0.29, 0.717) is 6.54 Å². The molecule has 0 aromatic carbocycles. The van der Waals surface area contributed by atoms with Gasteiger partial charge in [-0.15, -0.1) is 0 Å². The Bertz CT molecular complexity index is 169. The molecule has 7 heteroatoms. The third kappa shape index (κ3) is 10.2. The van der Waals surface area contributed by atoms with Gasteiger partial charge in [-0.3, -0.25) is 0 Å². The van der Waals surface area contributed by atoms with Crippen LogP contribution >= 0.6 is 0 Å². The monoisotopic (exact) mass is 227 g/mol. The summed E-state index contributed by atoms with van der Waals surface area (Å²) in [6.45, 7) is 1.74. The SMILES string of the molecule is C[NH2+]CCCCCCN(C)/[N+]([O-])=N/[O-].[Na+]. The van der Waals surface area contributed by atoms with Gasteiger partial charge >= 0.3 is 29.6 Å². The first-order chi connectivity index (χ1) is 6.72. The van der Waals surface area contributed by atoms with Crippen molar-refractivity contribution in [2.75, 3.05) is 27.2 Å². The van der Waals surface area contributed by atoms with Gasteiger partial charge < -0.3 is 15.7 Å². The fourth-order valence-corrected chi connectivity index (χ4v) is 1.19. The Morgan fingerprint density at radius 2 is 1.87 bits per heavy atom. The first kappa shape index (κ1) is 17.4. The number of hydrogen-bond donors (Lipinski definition) is 1. The number of nitrogens with zero attached hydrogens (tertiary/aromatic N) is 3. The fraction of sp³-hybridized carbons (Fsp3) is 1.00. The second-order valence-electron chi connectivity index (χ2n) is 3.33. The summed E-state index contributed by atoms with van der Waals surface area (Å²) >= 11 is 0. The number of quaternary nitrogens is 1. The third-order valence-corrected chi connectivity index (χ3v) is 2.09. The predicted molar refractivity (Wildman–Crippen MR) is 53.2 cm³/mol. The molecule has 0 heterocycles. The maximum atomic E-state index is 10.6. The van der Waals surface area contributed by atoms with Crippen molar-refractivity contribution in [1.29, 1.82) is 0 Å². The number of unbranched alkanes of at least 4 members (excludes halogenated alkanes) is 3. The van der Waals surface area contributed by atoms with E-state index in [1.807, 2.05) is 0 Å². The van der Waals surface area contributed by atoms with Crippen LogP contribution < -0.4 is 34.9 Å². The predicted octanol–water partition coefficient (Wildman–Crippen LogP) is -2.95. The van der Waals surface area contributed by atoms with Crippen LogP contribution in [-0.2, 0) is 0 Å². The van der Waals surface area contributed by atoms with E-state index in [4.69, 9.17) is 0 Å². The van der Waals surface area contributed by atoms with Crippen LogP contribution in [0.15, 0.2) is 5.28 Å². The van der Waals surface area contributed by atoms with Gasteiger partial charge in [-0.25, -0.2) is 0 Å². The maximum absolute atomic E-state index is 10.6. The van der Waals surface area contributed by atoms with Crippen LogP contribution in [0.25, 0.3) is 0 Å². The summed E-state index contributed by atoms with van der Waals surface area (Å²) in [7, 11) is 3.62. The van der Waals surface area contributed by atoms with Crippen molar-refractivity contribution in [2.24, 2.45) is 5.28 Å². The van der Waals surface area contributed by atoms with Gasteiger partial charge in [-0.2, -0.15) is 5.01 Å². The van der Waals surface area contributed by atoms with E-state index in [9.17, 15) is 10.4 Å². The van der Waals surface area contributed by atoms with Crippen LogP contribution in [0.1, 0.15) is 25.7 Å². The minimum Gasteiger partial charge on any atom is -0.737 e. The molecular weight excluding hydrogens is 207 g/mol. The van der Waals surface area contributed by atoms with Crippen LogP contribution in [0.5, 0.6) is 0 Å². The van der Waals surface area contributed by atoms with Crippen LogP contribution in [0.3, 0.4) is 0 Å². The molecule has 0 rings (SSSR count). The zero-order chi connectivity index (χ0) is 10.8. The summed E-state index contributed by atoms with van der Waals surface area (Å²) < 4.78 is 0. The Balaban J connectivity index is 0. The van der Waals surface area contributed by atoms with Crippen molar-refractivity contribution in [2.45, 2.75) is 25.7 Å². The first-order valence-electron chi connectivity index (χ1n) is 5.01. The van der Waals surface area contributed by atoms with E-state index < -0.39 is 0 Å². The topological polar surface area (TPSA) is 81.3 Å². The van der Waals surface area contributed by atoms with Crippen molar-refractivity contribution >= 4 is 0 Å². The summed E-state index contributed by atoms with van der Waals surface area (Å²) in [5, 5.41) is 26.2. The van der Waals surface area contributed by atoms with E-state index in [2.05, 4.69) is 17.6 Å². The van der Waals surface area contributed by atoms with Gasteiger partial charge in [0.25, 0.3) is 0 Å². The number of nitrogens with two attached hydrogens (primary N) is 1. The van der Waals surface area contributed by atoms with Gasteiger partial charge in [0.05, 0.1) is 27.2 Å². The molecule has 0 radical (unpaired) electrons. The molecule has 0 saturated carbocycles.